The maximum Gasteiger partial charge on any atom is 0.407 e. The van der Waals surface area contributed by atoms with E-state index in [1.807, 2.05) is 48.5 Å². The molecular formula is C60H108N10O17. The number of fused-ring (bicyclic) bond motifs is 2. The Balaban J connectivity index is 1.94. The predicted octanol–water partition coefficient (Wildman–Crippen LogP) is -1.02. The Bertz CT molecular complexity index is 1970. The number of nitrogens with one attached hydrogen (secondary N) is 1. The molecule has 0 aliphatic heterocycles. The molecule has 500 valence electrons. The van der Waals surface area contributed by atoms with Gasteiger partial charge in [0.05, 0.1) is 195 Å². The van der Waals surface area contributed by atoms with Crippen LogP contribution >= 0.6 is 0 Å². The second-order valence-corrected chi connectivity index (χ2v) is 21.7. The molecule has 87 heavy (non-hydrogen) atoms. The first-order chi connectivity index (χ1) is 42.5. The molecule has 0 aliphatic carbocycles. The summed E-state index contributed by atoms with van der Waals surface area (Å²) in [4.78, 5) is 27.4. The Labute approximate surface area is 514 Å². The number of benzene rings is 3. The first-order valence-electron chi connectivity index (χ1n) is 30.2. The molecule has 0 heterocycles. The van der Waals surface area contributed by atoms with Crippen molar-refractivity contribution in [1.82, 2.24) is 5.32 Å². The zero-order chi connectivity index (χ0) is 63.0. The molecular weight excluding hydrogens is 1130 g/mol. The number of hydrogen-bond acceptors (Lipinski definition) is 26. The van der Waals surface area contributed by atoms with Gasteiger partial charge in [0.2, 0.25) is 0 Å². The first-order valence-corrected chi connectivity index (χ1v) is 30.2. The highest BCUT2D eigenvalue weighted by atomic mass is 16.6. The maximum atomic E-state index is 14.5. The smallest absolute Gasteiger partial charge is 0.407 e. The van der Waals surface area contributed by atoms with Gasteiger partial charge in [-0.05, 0) is 27.6 Å². The summed E-state index contributed by atoms with van der Waals surface area (Å²) in [6.07, 6.45) is -0.744. The van der Waals surface area contributed by atoms with Crippen LogP contribution in [0.3, 0.4) is 0 Å². The summed E-state index contributed by atoms with van der Waals surface area (Å²) in [5.41, 5.74) is 49.8. The number of amides is 1. The van der Waals surface area contributed by atoms with Crippen molar-refractivity contribution in [2.75, 3.05) is 250 Å². The Morgan fingerprint density at radius 1 is 0.345 bits per heavy atom. The predicted molar refractivity (Wildman–Crippen MR) is 332 cm³/mol. The van der Waals surface area contributed by atoms with Crippen molar-refractivity contribution in [3.63, 3.8) is 0 Å². The number of nitrogens with two attached hydrogens (primary N) is 9. The van der Waals surface area contributed by atoms with E-state index in [0.717, 1.165) is 27.1 Å². The number of Topliss-reactive ketones (excluding diaryl/α,β-unsaturated/α-hetero) is 1. The highest BCUT2D eigenvalue weighted by Gasteiger charge is 2.41. The highest BCUT2D eigenvalue weighted by molar-refractivity contribution is 6.02. The summed E-state index contributed by atoms with van der Waals surface area (Å²) in [6.45, 7) is 6.22. The summed E-state index contributed by atoms with van der Waals surface area (Å²) in [5, 5.41) is 6.88. The molecule has 0 aromatic heterocycles. The highest BCUT2D eigenvalue weighted by Crippen LogP contribution is 2.32. The molecule has 0 atom stereocenters. The number of carbonyl (C=O) groups is 2. The normalized spacial score (nSPS) is 12.5. The Hall–Kier alpha value is -3.80. The fraction of sp³-hybridized carbons (Fsp3) is 0.733. The van der Waals surface area contributed by atoms with Crippen molar-refractivity contribution in [3.05, 3.63) is 60.2 Å². The van der Waals surface area contributed by atoms with Crippen molar-refractivity contribution in [2.24, 2.45) is 73.3 Å². The quantitative estimate of drug-likeness (QED) is 0.0239. The minimum Gasteiger partial charge on any atom is -0.445 e. The van der Waals surface area contributed by atoms with Crippen molar-refractivity contribution < 1.29 is 80.6 Å². The van der Waals surface area contributed by atoms with Crippen LogP contribution in [0, 0.1) is 21.7 Å². The average Bonchev–Trinajstić information content (AvgIpc) is 1.51. The number of rotatable bonds is 60. The van der Waals surface area contributed by atoms with E-state index in [9.17, 15) is 9.59 Å². The molecule has 3 rings (SSSR count). The van der Waals surface area contributed by atoms with E-state index >= 15 is 0 Å². The third kappa shape index (κ3) is 31.7. The van der Waals surface area contributed by atoms with Crippen molar-refractivity contribution >= 4 is 33.4 Å². The fourth-order valence-electron chi connectivity index (χ4n) is 9.38. The van der Waals surface area contributed by atoms with E-state index in [1.165, 1.54) is 0 Å². The fourth-order valence-corrected chi connectivity index (χ4v) is 9.38. The SMILES string of the molecule is NCCOCC(COCCN)(COCCN)COCC(COCC(COCCN)(COCCN)COCCN)(COCC(COCCN)(COCCN)COCCN)CC(=O)COCCOCCNC(=O)OCc1c2ccccc2cc2ccccc12. The van der Waals surface area contributed by atoms with Gasteiger partial charge >= 0.3 is 6.09 Å². The van der Waals surface area contributed by atoms with Crippen LogP contribution in [0.5, 0.6) is 0 Å². The number of carbonyl (C=O) groups excluding carboxylic acids is 2. The lowest BCUT2D eigenvalue weighted by atomic mass is 9.84. The van der Waals surface area contributed by atoms with E-state index in [0.29, 0.717) is 0 Å². The number of ketones is 1. The molecule has 0 saturated carbocycles. The standard InChI is InChI=1S/C60H108N10O17/c61-9-19-75-38-58(39-76-20-10-62,40-77-21-11-63)47-84-35-57(36-85-48-59(41-78-22-12-64,42-79-23-13-65)43-80-24-14-66,37-86-49-60(44-81-25-15-67,45-82-26-16-68)46-83-27-17-69)32-52(71)33-74-30-29-73-28-18-70-56(72)87-34-55-53-7-3-1-5-50(53)31-51-6-2-4-8-54(51)55/h1-8,31H,9-30,32-49,61-69H2,(H,70,72). The molecule has 3 aromatic rings. The lowest BCUT2D eigenvalue weighted by Gasteiger charge is -2.39. The van der Waals surface area contributed by atoms with Crippen LogP contribution in [0.4, 0.5) is 4.79 Å². The zero-order valence-electron chi connectivity index (χ0n) is 51.6. The molecule has 27 heteroatoms. The lowest BCUT2D eigenvalue weighted by Crippen LogP contribution is -2.48. The van der Waals surface area contributed by atoms with E-state index in [2.05, 4.69) is 11.4 Å². The topological polar surface area (TPSA) is 419 Å². The second-order valence-electron chi connectivity index (χ2n) is 21.7. The van der Waals surface area contributed by atoms with Gasteiger partial charge in [0.25, 0.3) is 0 Å². The summed E-state index contributed by atoms with van der Waals surface area (Å²) < 4.78 is 92.2. The number of alkyl carbamates (subject to hydrolysis) is 1. The van der Waals surface area contributed by atoms with Crippen molar-refractivity contribution in [3.8, 4) is 0 Å². The van der Waals surface area contributed by atoms with Gasteiger partial charge in [0.1, 0.15) is 13.2 Å². The van der Waals surface area contributed by atoms with Crippen LogP contribution in [0.25, 0.3) is 21.5 Å². The van der Waals surface area contributed by atoms with E-state index in [-0.39, 0.29) is 269 Å². The summed E-state index contributed by atoms with van der Waals surface area (Å²) in [7, 11) is 0. The van der Waals surface area contributed by atoms with Crippen LogP contribution in [0.15, 0.2) is 54.6 Å². The van der Waals surface area contributed by atoms with E-state index in [4.69, 9.17) is 123 Å². The van der Waals surface area contributed by atoms with Crippen molar-refractivity contribution in [2.45, 2.75) is 13.0 Å². The van der Waals surface area contributed by atoms with Crippen molar-refractivity contribution in [1.29, 1.82) is 0 Å². The molecule has 0 fully saturated rings. The maximum absolute atomic E-state index is 14.5. The molecule has 0 spiro atoms. The van der Waals surface area contributed by atoms with Gasteiger partial charge in [0, 0.05) is 82.8 Å². The molecule has 1 amide bonds. The summed E-state index contributed by atoms with van der Waals surface area (Å²) in [6, 6.07) is 18.1. The first kappa shape index (κ1) is 77.4. The zero-order valence-corrected chi connectivity index (χ0v) is 51.6. The van der Waals surface area contributed by atoms with Gasteiger partial charge in [0.15, 0.2) is 5.78 Å². The minimum absolute atomic E-state index is 0.0257. The molecule has 0 radical (unpaired) electrons. The largest absolute Gasteiger partial charge is 0.445 e. The van der Waals surface area contributed by atoms with E-state index in [1.54, 1.807) is 0 Å². The van der Waals surface area contributed by atoms with Crippen LogP contribution in [0.2, 0.25) is 0 Å². The minimum atomic E-state index is -1.24. The Morgan fingerprint density at radius 3 is 0.977 bits per heavy atom. The van der Waals surface area contributed by atoms with Gasteiger partial charge in [-0.2, -0.15) is 0 Å². The van der Waals surface area contributed by atoms with Crippen LogP contribution in [0.1, 0.15) is 12.0 Å². The number of ether oxygens (including phenoxy) is 15. The van der Waals surface area contributed by atoms with Crippen LogP contribution < -0.4 is 56.9 Å². The molecule has 0 unspecified atom stereocenters. The van der Waals surface area contributed by atoms with Gasteiger partial charge in [-0.15, -0.1) is 0 Å². The summed E-state index contributed by atoms with van der Waals surface area (Å²) in [5.74, 6) is -0.297. The third-order valence-corrected chi connectivity index (χ3v) is 13.4. The van der Waals surface area contributed by atoms with Crippen LogP contribution in [-0.2, 0) is 82.5 Å². The average molecular weight is 1240 g/mol. The van der Waals surface area contributed by atoms with E-state index < -0.39 is 27.8 Å². The molecule has 0 aliphatic rings. The second kappa shape index (κ2) is 48.1. The molecule has 19 N–H and O–H groups in total. The van der Waals surface area contributed by atoms with Gasteiger partial charge in [-0.1, -0.05) is 48.5 Å². The lowest BCUT2D eigenvalue weighted by molar-refractivity contribution is -0.160. The van der Waals surface area contributed by atoms with Crippen LogP contribution in [-0.4, -0.2) is 262 Å². The summed E-state index contributed by atoms with van der Waals surface area (Å²) >= 11 is 0. The molecule has 0 bridgehead atoms. The molecule has 0 saturated heterocycles. The molecule has 27 nitrogen and oxygen atoms in total. The molecule has 3 aromatic carbocycles. The monoisotopic (exact) mass is 1240 g/mol. The van der Waals surface area contributed by atoms with Gasteiger partial charge in [-0.25, -0.2) is 4.79 Å². The third-order valence-electron chi connectivity index (χ3n) is 13.4. The Morgan fingerprint density at radius 2 is 0.644 bits per heavy atom. The van der Waals surface area contributed by atoms with Gasteiger partial charge < -0.3 is 128 Å². The number of hydrogen-bond donors (Lipinski definition) is 10. The van der Waals surface area contributed by atoms with Gasteiger partial charge in [-0.3, -0.25) is 4.79 Å². The Kier molecular flexibility index (Phi) is 42.8.